The molecule has 0 saturated heterocycles. The summed E-state index contributed by atoms with van der Waals surface area (Å²) >= 11 is 5.77. The molecule has 2 rings (SSSR count). The van der Waals surface area contributed by atoms with Crippen LogP contribution in [0, 0.1) is 0 Å². The van der Waals surface area contributed by atoms with E-state index in [0.717, 1.165) is 5.56 Å². The van der Waals surface area contributed by atoms with E-state index in [4.69, 9.17) is 16.7 Å². The van der Waals surface area contributed by atoms with Gasteiger partial charge in [-0.3, -0.25) is 4.79 Å². The summed E-state index contributed by atoms with van der Waals surface area (Å²) in [6, 6.07) is 3.00. The molecule has 1 aromatic carbocycles. The monoisotopic (exact) mass is 225 g/mol. The molecule has 0 unspecified atom stereocenters. The van der Waals surface area contributed by atoms with Crippen molar-refractivity contribution in [1.29, 1.82) is 0 Å². The Bertz CT molecular complexity index is 456. The highest BCUT2D eigenvalue weighted by molar-refractivity contribution is 6.34. The number of benzene rings is 1. The minimum atomic E-state index is -1.06. The van der Waals surface area contributed by atoms with Crippen LogP contribution in [0.1, 0.15) is 22.3 Å². The predicted octanol–water partition coefficient (Wildman–Crippen LogP) is 1.92. The third-order valence-electron chi connectivity index (χ3n) is 2.32. The van der Waals surface area contributed by atoms with E-state index in [1.165, 1.54) is 12.1 Å². The summed E-state index contributed by atoms with van der Waals surface area (Å²) in [5, 5.41) is 11.6. The first-order chi connectivity index (χ1) is 7.08. The molecule has 1 aliphatic heterocycles. The standard InChI is InChI=1S/C10H8ClNO3/c11-7-4-8-5(1-2-9(13)12-8)3-6(7)10(14)15/h3-4H,1-2H2,(H,12,13)(H,14,15). The zero-order valence-electron chi connectivity index (χ0n) is 7.71. The number of carboxylic acid groups (broad SMARTS) is 1. The number of carboxylic acids is 1. The van der Waals surface area contributed by atoms with Crippen LogP contribution >= 0.6 is 11.6 Å². The number of nitrogens with one attached hydrogen (secondary N) is 1. The number of hydrogen-bond donors (Lipinski definition) is 2. The summed E-state index contributed by atoms with van der Waals surface area (Å²) in [6.07, 6.45) is 0.937. The summed E-state index contributed by atoms with van der Waals surface area (Å²) in [5.41, 5.74) is 1.50. The van der Waals surface area contributed by atoms with Gasteiger partial charge in [-0.05, 0) is 24.1 Å². The molecule has 0 radical (unpaired) electrons. The molecule has 15 heavy (non-hydrogen) atoms. The van der Waals surface area contributed by atoms with Crippen molar-refractivity contribution in [3.8, 4) is 0 Å². The van der Waals surface area contributed by atoms with Gasteiger partial charge in [0.1, 0.15) is 0 Å². The zero-order chi connectivity index (χ0) is 11.0. The maximum Gasteiger partial charge on any atom is 0.337 e. The molecule has 0 saturated carbocycles. The number of anilines is 1. The van der Waals surface area contributed by atoms with E-state index in [0.29, 0.717) is 18.5 Å². The topological polar surface area (TPSA) is 66.4 Å². The van der Waals surface area contributed by atoms with Gasteiger partial charge in [0.05, 0.1) is 10.6 Å². The fraction of sp³-hybridized carbons (Fsp3) is 0.200. The number of halogens is 1. The highest BCUT2D eigenvalue weighted by atomic mass is 35.5. The van der Waals surface area contributed by atoms with Crippen LogP contribution in [0.4, 0.5) is 5.69 Å². The van der Waals surface area contributed by atoms with Crippen molar-refractivity contribution in [3.05, 3.63) is 28.3 Å². The molecule has 1 aromatic rings. The van der Waals surface area contributed by atoms with Crippen molar-refractivity contribution in [2.75, 3.05) is 5.32 Å². The fourth-order valence-electron chi connectivity index (χ4n) is 1.57. The van der Waals surface area contributed by atoms with E-state index in [2.05, 4.69) is 5.32 Å². The molecule has 0 bridgehead atoms. The Hall–Kier alpha value is -1.55. The molecule has 4 nitrogen and oxygen atoms in total. The molecule has 0 spiro atoms. The molecule has 0 aliphatic carbocycles. The number of aromatic carboxylic acids is 1. The van der Waals surface area contributed by atoms with Crippen molar-refractivity contribution in [2.24, 2.45) is 0 Å². The quantitative estimate of drug-likeness (QED) is 0.767. The van der Waals surface area contributed by atoms with Crippen molar-refractivity contribution in [2.45, 2.75) is 12.8 Å². The number of carbonyl (C=O) groups is 2. The third-order valence-corrected chi connectivity index (χ3v) is 2.63. The van der Waals surface area contributed by atoms with Crippen LogP contribution in [0.5, 0.6) is 0 Å². The van der Waals surface area contributed by atoms with E-state index in [9.17, 15) is 9.59 Å². The van der Waals surface area contributed by atoms with Crippen molar-refractivity contribution < 1.29 is 14.7 Å². The van der Waals surface area contributed by atoms with Gasteiger partial charge < -0.3 is 10.4 Å². The normalized spacial score (nSPS) is 14.3. The van der Waals surface area contributed by atoms with E-state index in [-0.39, 0.29) is 16.5 Å². The number of rotatable bonds is 1. The molecule has 1 aliphatic rings. The highest BCUT2D eigenvalue weighted by Crippen LogP contribution is 2.29. The Kier molecular flexibility index (Phi) is 2.36. The molecule has 0 aromatic heterocycles. The summed E-state index contributed by atoms with van der Waals surface area (Å²) in [7, 11) is 0. The average molecular weight is 226 g/mol. The van der Waals surface area contributed by atoms with E-state index >= 15 is 0 Å². The van der Waals surface area contributed by atoms with Crippen LogP contribution in [-0.4, -0.2) is 17.0 Å². The lowest BCUT2D eigenvalue weighted by Gasteiger charge is -2.17. The lowest BCUT2D eigenvalue weighted by molar-refractivity contribution is -0.116. The molecule has 1 heterocycles. The van der Waals surface area contributed by atoms with Gasteiger partial charge in [-0.2, -0.15) is 0 Å². The van der Waals surface area contributed by atoms with Gasteiger partial charge in [0.15, 0.2) is 0 Å². The van der Waals surface area contributed by atoms with Gasteiger partial charge >= 0.3 is 5.97 Å². The van der Waals surface area contributed by atoms with Gasteiger partial charge in [0.2, 0.25) is 5.91 Å². The van der Waals surface area contributed by atoms with Crippen LogP contribution in [0.3, 0.4) is 0 Å². The fourth-order valence-corrected chi connectivity index (χ4v) is 1.81. The molecular weight excluding hydrogens is 218 g/mol. The van der Waals surface area contributed by atoms with Crippen LogP contribution < -0.4 is 5.32 Å². The summed E-state index contributed by atoms with van der Waals surface area (Å²) in [4.78, 5) is 21.9. The minimum Gasteiger partial charge on any atom is -0.478 e. The van der Waals surface area contributed by atoms with E-state index in [1.807, 2.05) is 0 Å². The second-order valence-corrected chi connectivity index (χ2v) is 3.75. The van der Waals surface area contributed by atoms with Crippen molar-refractivity contribution >= 4 is 29.2 Å². The Balaban J connectivity index is 2.50. The summed E-state index contributed by atoms with van der Waals surface area (Å²) in [5.74, 6) is -1.12. The smallest absolute Gasteiger partial charge is 0.337 e. The summed E-state index contributed by atoms with van der Waals surface area (Å²) < 4.78 is 0. The van der Waals surface area contributed by atoms with Crippen LogP contribution in [0.2, 0.25) is 5.02 Å². The molecule has 0 fully saturated rings. The van der Waals surface area contributed by atoms with E-state index < -0.39 is 5.97 Å². The lowest BCUT2D eigenvalue weighted by Crippen LogP contribution is -2.19. The van der Waals surface area contributed by atoms with Gasteiger partial charge in [-0.15, -0.1) is 0 Å². The van der Waals surface area contributed by atoms with Crippen molar-refractivity contribution in [3.63, 3.8) is 0 Å². The van der Waals surface area contributed by atoms with Crippen LogP contribution in [0.15, 0.2) is 12.1 Å². The first kappa shape index (κ1) is 9.98. The molecule has 5 heteroatoms. The SMILES string of the molecule is O=C1CCc2cc(C(=O)O)c(Cl)cc2N1. The van der Waals surface area contributed by atoms with Gasteiger partial charge in [0.25, 0.3) is 0 Å². The van der Waals surface area contributed by atoms with Crippen LogP contribution in [0.25, 0.3) is 0 Å². The largest absolute Gasteiger partial charge is 0.478 e. The first-order valence-corrected chi connectivity index (χ1v) is 4.81. The molecular formula is C10H8ClNO3. The average Bonchev–Trinajstić information content (AvgIpc) is 2.15. The number of fused-ring (bicyclic) bond motifs is 1. The Labute approximate surface area is 90.9 Å². The second-order valence-electron chi connectivity index (χ2n) is 3.34. The zero-order valence-corrected chi connectivity index (χ0v) is 8.47. The van der Waals surface area contributed by atoms with Gasteiger partial charge in [-0.1, -0.05) is 11.6 Å². The Morgan fingerprint density at radius 1 is 1.40 bits per heavy atom. The maximum atomic E-state index is 11.1. The number of carbonyl (C=O) groups excluding carboxylic acids is 1. The number of hydrogen-bond acceptors (Lipinski definition) is 2. The third kappa shape index (κ3) is 1.80. The molecule has 2 N–H and O–H groups in total. The number of amides is 1. The second kappa shape index (κ2) is 3.55. The van der Waals surface area contributed by atoms with E-state index in [1.54, 1.807) is 0 Å². The minimum absolute atomic E-state index is 0.0679. The Morgan fingerprint density at radius 2 is 2.13 bits per heavy atom. The van der Waals surface area contributed by atoms with Crippen molar-refractivity contribution in [1.82, 2.24) is 0 Å². The highest BCUT2D eigenvalue weighted by Gasteiger charge is 2.19. The molecule has 0 atom stereocenters. The maximum absolute atomic E-state index is 11.1. The first-order valence-electron chi connectivity index (χ1n) is 4.43. The predicted molar refractivity (Wildman–Crippen MR) is 55.4 cm³/mol. The van der Waals surface area contributed by atoms with Gasteiger partial charge in [0, 0.05) is 12.1 Å². The van der Waals surface area contributed by atoms with Crippen LogP contribution in [-0.2, 0) is 11.2 Å². The molecule has 1 amide bonds. The summed E-state index contributed by atoms with van der Waals surface area (Å²) in [6.45, 7) is 0. The number of aryl methyl sites for hydroxylation is 1. The lowest BCUT2D eigenvalue weighted by atomic mass is 10.0. The van der Waals surface area contributed by atoms with Gasteiger partial charge in [-0.25, -0.2) is 4.79 Å². The Morgan fingerprint density at radius 3 is 2.80 bits per heavy atom. The molecule has 78 valence electrons.